The van der Waals surface area contributed by atoms with Gasteiger partial charge in [-0.3, -0.25) is 0 Å². The quantitative estimate of drug-likeness (QED) is 0.537. The number of likely N-dealkylation sites (tertiary alicyclic amines) is 1. The zero-order chi connectivity index (χ0) is 19.0. The summed E-state index contributed by atoms with van der Waals surface area (Å²) in [6, 6.07) is 7.25. The molecule has 1 N–H and O–H groups in total. The summed E-state index contributed by atoms with van der Waals surface area (Å²) in [5.41, 5.74) is 0.980. The van der Waals surface area contributed by atoms with Crippen LogP contribution < -0.4 is 9.62 Å². The molecule has 2 fully saturated rings. The van der Waals surface area contributed by atoms with Gasteiger partial charge in [-0.05, 0) is 56.6 Å². The summed E-state index contributed by atoms with van der Waals surface area (Å²) in [6.07, 6.45) is 4.09. The van der Waals surface area contributed by atoms with E-state index in [1.807, 2.05) is 12.1 Å². The molecule has 1 aromatic heterocycles. The number of hydrogen-bond acceptors (Lipinski definition) is 5. The van der Waals surface area contributed by atoms with Gasteiger partial charge in [0.1, 0.15) is 10.8 Å². The van der Waals surface area contributed by atoms with Gasteiger partial charge in [-0.2, -0.15) is 0 Å². The van der Waals surface area contributed by atoms with Gasteiger partial charge in [0.05, 0.1) is 15.6 Å². The van der Waals surface area contributed by atoms with Crippen LogP contribution in [0.4, 0.5) is 15.9 Å². The maximum atomic E-state index is 14.9. The zero-order valence-electron chi connectivity index (χ0n) is 15.0. The van der Waals surface area contributed by atoms with Crippen molar-refractivity contribution in [2.75, 3.05) is 42.8 Å². The van der Waals surface area contributed by atoms with Gasteiger partial charge in [0, 0.05) is 31.2 Å². The molecular formula is C19H21Cl2FN4S. The summed E-state index contributed by atoms with van der Waals surface area (Å²) in [5.74, 6) is 0.138. The molecule has 4 rings (SSSR count). The predicted molar refractivity (Wildman–Crippen MR) is 112 cm³/mol. The number of nitrogens with one attached hydrogen (secondary N) is 1. The molecule has 2 aliphatic heterocycles. The average molecular weight is 427 g/mol. The van der Waals surface area contributed by atoms with E-state index in [0.717, 1.165) is 38.1 Å². The average Bonchev–Trinajstić information content (AvgIpc) is 2.63. The number of nitrogens with zero attached hydrogens (tertiary/aromatic N) is 3. The molecule has 2 aliphatic rings. The Bertz CT molecular complexity index is 830. The third-order valence-electron chi connectivity index (χ3n) is 5.27. The molecular weight excluding hydrogens is 406 g/mol. The van der Waals surface area contributed by atoms with Crippen molar-refractivity contribution in [3.8, 4) is 0 Å². The summed E-state index contributed by atoms with van der Waals surface area (Å²) < 4.78 is 17.9. The van der Waals surface area contributed by atoms with Crippen LogP contribution in [0.1, 0.15) is 12.8 Å². The van der Waals surface area contributed by atoms with Gasteiger partial charge >= 0.3 is 0 Å². The topological polar surface area (TPSA) is 31.4 Å². The molecule has 0 saturated carbocycles. The van der Waals surface area contributed by atoms with Crippen LogP contribution in [0.2, 0.25) is 10.0 Å². The molecule has 2 aromatic rings. The van der Waals surface area contributed by atoms with E-state index in [-0.39, 0.29) is 9.92 Å². The number of aromatic nitrogens is 1. The normalized spacial score (nSPS) is 19.2. The molecule has 27 heavy (non-hydrogen) atoms. The van der Waals surface area contributed by atoms with E-state index in [0.29, 0.717) is 21.9 Å². The van der Waals surface area contributed by atoms with E-state index in [4.69, 9.17) is 23.2 Å². The Hall–Kier alpha value is -1.21. The van der Waals surface area contributed by atoms with Crippen molar-refractivity contribution in [2.45, 2.75) is 17.7 Å². The van der Waals surface area contributed by atoms with Crippen LogP contribution in [0.15, 0.2) is 35.4 Å². The summed E-state index contributed by atoms with van der Waals surface area (Å²) in [4.78, 5) is 8.95. The van der Waals surface area contributed by atoms with Gasteiger partial charge in [0.15, 0.2) is 5.82 Å². The number of hydrogen-bond donors (Lipinski definition) is 1. The number of rotatable bonds is 4. The van der Waals surface area contributed by atoms with E-state index < -0.39 is 5.82 Å². The number of anilines is 2. The molecule has 0 radical (unpaired) electrons. The summed E-state index contributed by atoms with van der Waals surface area (Å²) in [7, 11) is 2.16. The van der Waals surface area contributed by atoms with E-state index >= 15 is 0 Å². The Balaban J connectivity index is 1.49. The maximum Gasteiger partial charge on any atom is 0.160 e. The molecule has 0 aliphatic carbocycles. The lowest BCUT2D eigenvalue weighted by molar-refractivity contribution is 0.0783. The molecule has 0 unspecified atom stereocenters. The number of piperidine rings is 1. The van der Waals surface area contributed by atoms with Crippen LogP contribution in [0.5, 0.6) is 0 Å². The van der Waals surface area contributed by atoms with Gasteiger partial charge in [0.25, 0.3) is 0 Å². The highest BCUT2D eigenvalue weighted by Gasteiger charge is 2.45. The first-order valence-electron chi connectivity index (χ1n) is 8.92. The van der Waals surface area contributed by atoms with Crippen molar-refractivity contribution in [3.05, 3.63) is 46.3 Å². The molecule has 2 saturated heterocycles. The minimum atomic E-state index is -0.491. The minimum absolute atomic E-state index is 0.128. The number of halogens is 3. The Morgan fingerprint density at radius 3 is 2.78 bits per heavy atom. The molecule has 1 aromatic carbocycles. The van der Waals surface area contributed by atoms with Crippen LogP contribution in [0.25, 0.3) is 0 Å². The summed E-state index contributed by atoms with van der Waals surface area (Å²) >= 11 is 13.8. The molecule has 0 amide bonds. The van der Waals surface area contributed by atoms with Gasteiger partial charge < -0.3 is 14.5 Å². The molecule has 0 atom stereocenters. The van der Waals surface area contributed by atoms with Crippen LogP contribution in [-0.2, 0) is 0 Å². The first-order valence-corrected chi connectivity index (χ1v) is 10.5. The third-order valence-corrected chi connectivity index (χ3v) is 6.95. The van der Waals surface area contributed by atoms with E-state index in [1.54, 1.807) is 18.3 Å². The Morgan fingerprint density at radius 2 is 2.07 bits per heavy atom. The molecule has 144 valence electrons. The van der Waals surface area contributed by atoms with E-state index in [9.17, 15) is 4.39 Å². The fraction of sp³-hybridized carbons (Fsp3) is 0.421. The summed E-state index contributed by atoms with van der Waals surface area (Å²) in [5, 5.41) is 0.478. The first kappa shape index (κ1) is 19.1. The van der Waals surface area contributed by atoms with Crippen molar-refractivity contribution in [1.82, 2.24) is 9.88 Å². The molecule has 8 heteroatoms. The molecule has 4 nitrogen and oxygen atoms in total. The van der Waals surface area contributed by atoms with Crippen LogP contribution in [0, 0.1) is 11.2 Å². The fourth-order valence-electron chi connectivity index (χ4n) is 4.06. The Labute approximate surface area is 173 Å². The SMILES string of the molecule is CN1CCCC2(C1)CN(c1cc(Cl)c(SNc3ccccn3)c(F)c1Cl)C2. The monoisotopic (exact) mass is 426 g/mol. The van der Waals surface area contributed by atoms with E-state index in [2.05, 4.69) is 26.6 Å². The van der Waals surface area contributed by atoms with Crippen LogP contribution in [0.3, 0.4) is 0 Å². The Kier molecular flexibility index (Phi) is 5.43. The van der Waals surface area contributed by atoms with Crippen molar-refractivity contribution < 1.29 is 4.39 Å². The zero-order valence-corrected chi connectivity index (χ0v) is 17.3. The predicted octanol–water partition coefficient (Wildman–Crippen LogP) is 5.18. The largest absolute Gasteiger partial charge is 0.369 e. The second-order valence-corrected chi connectivity index (χ2v) is 9.05. The van der Waals surface area contributed by atoms with Crippen molar-refractivity contribution in [1.29, 1.82) is 0 Å². The highest BCUT2D eigenvalue weighted by Crippen LogP contribution is 2.46. The van der Waals surface area contributed by atoms with Crippen LogP contribution >= 0.6 is 35.1 Å². The standard InChI is InChI=1S/C19H21Cl2FN4S/c1-25-8-4-6-19(10-25)11-26(12-19)14-9-13(20)18(17(22)16(14)21)27-24-15-5-2-3-7-23-15/h2-3,5,7,9H,4,6,8,10-12H2,1H3,(H,23,24). The van der Waals surface area contributed by atoms with Crippen LogP contribution in [-0.4, -0.2) is 43.1 Å². The van der Waals surface area contributed by atoms with Crippen molar-refractivity contribution in [2.24, 2.45) is 5.41 Å². The number of pyridine rings is 1. The highest BCUT2D eigenvalue weighted by molar-refractivity contribution is 8.00. The van der Waals surface area contributed by atoms with Gasteiger partial charge in [0.2, 0.25) is 0 Å². The first-order chi connectivity index (χ1) is 13.0. The second kappa shape index (κ2) is 7.66. The molecule has 1 spiro atoms. The highest BCUT2D eigenvalue weighted by atomic mass is 35.5. The number of benzene rings is 1. The van der Waals surface area contributed by atoms with E-state index in [1.165, 1.54) is 12.8 Å². The lowest BCUT2D eigenvalue weighted by atomic mass is 9.73. The van der Waals surface area contributed by atoms with Crippen molar-refractivity contribution >= 4 is 46.7 Å². The van der Waals surface area contributed by atoms with Crippen molar-refractivity contribution in [3.63, 3.8) is 0 Å². The van der Waals surface area contributed by atoms with Gasteiger partial charge in [-0.15, -0.1) is 0 Å². The lowest BCUT2D eigenvalue weighted by Crippen LogP contribution is -2.62. The fourth-order valence-corrected chi connectivity index (χ4v) is 5.36. The van der Waals surface area contributed by atoms with Gasteiger partial charge in [-0.25, -0.2) is 9.37 Å². The maximum absolute atomic E-state index is 14.9. The van der Waals surface area contributed by atoms with Gasteiger partial charge in [-0.1, -0.05) is 29.3 Å². The summed E-state index contributed by atoms with van der Waals surface area (Å²) in [6.45, 7) is 4.02. The lowest BCUT2D eigenvalue weighted by Gasteiger charge is -2.55. The minimum Gasteiger partial charge on any atom is -0.369 e. The smallest absolute Gasteiger partial charge is 0.160 e. The third kappa shape index (κ3) is 3.86. The second-order valence-electron chi connectivity index (χ2n) is 7.45. The Morgan fingerprint density at radius 1 is 1.26 bits per heavy atom. The molecule has 0 bridgehead atoms. The molecule has 3 heterocycles.